The number of aryl methyl sites for hydroxylation is 1. The summed E-state index contributed by atoms with van der Waals surface area (Å²) in [5.41, 5.74) is 3.55. The van der Waals surface area contributed by atoms with E-state index in [1.54, 1.807) is 12.3 Å². The molecule has 1 N–H and O–H groups in total. The third kappa shape index (κ3) is 4.12. The zero-order valence-electron chi connectivity index (χ0n) is 15.2. The smallest absolute Gasteiger partial charge is 0.267 e. The van der Waals surface area contributed by atoms with Crippen molar-refractivity contribution in [1.82, 2.24) is 24.6 Å². The van der Waals surface area contributed by atoms with E-state index in [0.29, 0.717) is 32.6 Å². The lowest BCUT2D eigenvalue weighted by molar-refractivity contribution is -0.127. The first-order valence-corrected chi connectivity index (χ1v) is 9.74. The van der Waals surface area contributed by atoms with E-state index >= 15 is 0 Å². The predicted molar refractivity (Wildman–Crippen MR) is 106 cm³/mol. The van der Waals surface area contributed by atoms with Gasteiger partial charge in [-0.2, -0.15) is 13.2 Å². The van der Waals surface area contributed by atoms with Crippen LogP contribution in [0.1, 0.15) is 21.6 Å². The van der Waals surface area contributed by atoms with Crippen LogP contribution < -0.4 is 5.43 Å². The summed E-state index contributed by atoms with van der Waals surface area (Å²) in [6.45, 7) is 1.63. The van der Waals surface area contributed by atoms with Gasteiger partial charge >= 0.3 is 6.18 Å². The van der Waals surface area contributed by atoms with Crippen molar-refractivity contribution in [3.8, 4) is 10.8 Å². The van der Waals surface area contributed by atoms with Crippen molar-refractivity contribution >= 4 is 39.7 Å². The second-order valence-electron chi connectivity index (χ2n) is 6.32. The molecule has 0 atom stereocenters. The minimum absolute atomic E-state index is 0.00914. The van der Waals surface area contributed by atoms with Crippen molar-refractivity contribution in [2.45, 2.75) is 19.5 Å². The van der Waals surface area contributed by atoms with Crippen LogP contribution in [0.25, 0.3) is 21.7 Å². The number of carbonyl (C=O) groups excluding carboxylic acids is 1. The van der Waals surface area contributed by atoms with Gasteiger partial charge in [0, 0.05) is 35.6 Å². The molecule has 4 heterocycles. The van der Waals surface area contributed by atoms with E-state index in [1.807, 2.05) is 0 Å². The number of hydrogen-bond acceptors (Lipinski definition) is 6. The number of hydrogen-bond donors (Lipinski definition) is 1. The van der Waals surface area contributed by atoms with Crippen molar-refractivity contribution in [3.63, 3.8) is 0 Å². The number of fused-ring (bicyclic) bond motifs is 1. The highest BCUT2D eigenvalue weighted by molar-refractivity contribution is 7.13. The molecule has 0 saturated carbocycles. The summed E-state index contributed by atoms with van der Waals surface area (Å²) in [7, 11) is 0. The van der Waals surface area contributed by atoms with Gasteiger partial charge in [-0.3, -0.25) is 19.9 Å². The molecular weight excluding hydrogens is 441 g/mol. The van der Waals surface area contributed by atoms with Crippen molar-refractivity contribution < 1.29 is 18.0 Å². The number of halogens is 4. The van der Waals surface area contributed by atoms with Gasteiger partial charge in [0.05, 0.1) is 23.2 Å². The SMILES string of the molecule is Cc1nc(-c2nc(Cl)cs2)ncc1C(=O)Nn1cc(CC(F)(F)F)c2cnccc21. The third-order valence-corrected chi connectivity index (χ3v) is 5.35. The van der Waals surface area contributed by atoms with E-state index in [-0.39, 0.29) is 11.1 Å². The molecule has 4 aromatic rings. The number of rotatable bonds is 4. The molecule has 4 aromatic heterocycles. The Morgan fingerprint density at radius 3 is 2.77 bits per heavy atom. The van der Waals surface area contributed by atoms with Gasteiger partial charge in [0.15, 0.2) is 10.8 Å². The molecule has 0 aliphatic rings. The Balaban J connectivity index is 1.63. The molecule has 0 unspecified atom stereocenters. The lowest BCUT2D eigenvalue weighted by atomic mass is 10.1. The van der Waals surface area contributed by atoms with E-state index in [9.17, 15) is 18.0 Å². The lowest BCUT2D eigenvalue weighted by Crippen LogP contribution is -2.23. The topological polar surface area (TPSA) is 85.6 Å². The average molecular weight is 453 g/mol. The summed E-state index contributed by atoms with van der Waals surface area (Å²) in [5.74, 6) is -0.241. The Labute approximate surface area is 176 Å². The van der Waals surface area contributed by atoms with Gasteiger partial charge in [-0.05, 0) is 18.6 Å². The van der Waals surface area contributed by atoms with Crippen LogP contribution in [0, 0.1) is 6.92 Å². The van der Waals surface area contributed by atoms with Crippen LogP contribution in [0.2, 0.25) is 5.15 Å². The largest absolute Gasteiger partial charge is 0.393 e. The molecular formula is C18H12ClF3N6OS. The highest BCUT2D eigenvalue weighted by Gasteiger charge is 2.30. The Morgan fingerprint density at radius 2 is 2.10 bits per heavy atom. The highest BCUT2D eigenvalue weighted by atomic mass is 35.5. The third-order valence-electron chi connectivity index (χ3n) is 4.19. The molecule has 0 aromatic carbocycles. The molecule has 12 heteroatoms. The maximum Gasteiger partial charge on any atom is 0.393 e. The zero-order valence-corrected chi connectivity index (χ0v) is 16.8. The number of amides is 1. The first-order valence-electron chi connectivity index (χ1n) is 8.48. The highest BCUT2D eigenvalue weighted by Crippen LogP contribution is 2.28. The molecule has 7 nitrogen and oxygen atoms in total. The second-order valence-corrected chi connectivity index (χ2v) is 7.56. The molecule has 0 saturated heterocycles. The Morgan fingerprint density at radius 1 is 1.30 bits per heavy atom. The summed E-state index contributed by atoms with van der Waals surface area (Å²) < 4.78 is 39.9. The fourth-order valence-electron chi connectivity index (χ4n) is 2.91. The number of nitrogens with zero attached hydrogens (tertiary/aromatic N) is 5. The van der Waals surface area contributed by atoms with Crippen molar-refractivity contribution in [2.24, 2.45) is 0 Å². The average Bonchev–Trinajstić information content (AvgIpc) is 3.25. The standard InChI is InChI=1S/C18H12ClF3N6OS/c1-9-11(6-24-15(25-9)17-26-14(19)8-30-17)16(29)27-28-7-10(4-18(20,21)22)12-5-23-3-2-13(12)28/h2-3,5-8H,4H2,1H3,(H,27,29). The van der Waals surface area contributed by atoms with Crippen LogP contribution in [-0.2, 0) is 6.42 Å². The van der Waals surface area contributed by atoms with Gasteiger partial charge < -0.3 is 0 Å². The fraction of sp³-hybridized carbons (Fsp3) is 0.167. The van der Waals surface area contributed by atoms with Gasteiger partial charge in [0.1, 0.15) is 5.15 Å². The fourth-order valence-corrected chi connectivity index (χ4v) is 3.79. The Bertz CT molecular complexity index is 1250. The Hall–Kier alpha value is -3.05. The molecule has 154 valence electrons. The number of pyridine rings is 1. The number of thiazole rings is 1. The van der Waals surface area contributed by atoms with E-state index in [1.165, 1.54) is 46.9 Å². The van der Waals surface area contributed by atoms with Gasteiger partial charge in [0.2, 0.25) is 0 Å². The van der Waals surface area contributed by atoms with E-state index < -0.39 is 18.5 Å². The number of nitrogens with one attached hydrogen (secondary N) is 1. The first kappa shape index (κ1) is 20.2. The molecule has 0 radical (unpaired) electrons. The van der Waals surface area contributed by atoms with Crippen molar-refractivity contribution in [3.05, 3.63) is 58.2 Å². The molecule has 0 aliphatic heterocycles. The van der Waals surface area contributed by atoms with Crippen LogP contribution in [0.5, 0.6) is 0 Å². The minimum Gasteiger partial charge on any atom is -0.267 e. The maximum atomic E-state index is 12.9. The van der Waals surface area contributed by atoms with Crippen LogP contribution in [0.3, 0.4) is 0 Å². The number of alkyl halides is 3. The normalized spacial score (nSPS) is 11.8. The van der Waals surface area contributed by atoms with Gasteiger partial charge in [0.25, 0.3) is 5.91 Å². The van der Waals surface area contributed by atoms with Crippen molar-refractivity contribution in [1.29, 1.82) is 0 Å². The zero-order chi connectivity index (χ0) is 21.5. The second kappa shape index (κ2) is 7.65. The summed E-state index contributed by atoms with van der Waals surface area (Å²) in [5, 5.41) is 2.78. The van der Waals surface area contributed by atoms with Crippen LogP contribution in [0.15, 0.2) is 36.2 Å². The number of carbonyl (C=O) groups is 1. The Kier molecular flexibility index (Phi) is 5.16. The van der Waals surface area contributed by atoms with Gasteiger partial charge in [-0.15, -0.1) is 11.3 Å². The van der Waals surface area contributed by atoms with Crippen LogP contribution in [0.4, 0.5) is 13.2 Å². The van der Waals surface area contributed by atoms with Crippen LogP contribution in [-0.4, -0.2) is 36.7 Å². The van der Waals surface area contributed by atoms with Gasteiger partial charge in [-0.25, -0.2) is 15.0 Å². The first-order chi connectivity index (χ1) is 14.2. The molecule has 0 spiro atoms. The maximum absolute atomic E-state index is 12.9. The molecule has 4 rings (SSSR count). The molecule has 0 aliphatic carbocycles. The summed E-state index contributed by atoms with van der Waals surface area (Å²) in [4.78, 5) is 29.1. The summed E-state index contributed by atoms with van der Waals surface area (Å²) >= 11 is 7.08. The predicted octanol–water partition coefficient (Wildman–Crippen LogP) is 4.40. The number of aromatic nitrogens is 5. The lowest BCUT2D eigenvalue weighted by Gasteiger charge is -2.09. The van der Waals surface area contributed by atoms with E-state index in [0.717, 1.165) is 0 Å². The summed E-state index contributed by atoms with van der Waals surface area (Å²) in [6, 6.07) is 1.52. The summed E-state index contributed by atoms with van der Waals surface area (Å²) in [6.07, 6.45) is -0.179. The minimum atomic E-state index is -4.39. The van der Waals surface area contributed by atoms with Crippen LogP contribution >= 0.6 is 22.9 Å². The van der Waals surface area contributed by atoms with Gasteiger partial charge in [-0.1, -0.05) is 11.6 Å². The quantitative estimate of drug-likeness (QED) is 0.496. The molecule has 0 bridgehead atoms. The molecule has 0 fully saturated rings. The van der Waals surface area contributed by atoms with Crippen molar-refractivity contribution in [2.75, 3.05) is 5.43 Å². The van der Waals surface area contributed by atoms with E-state index in [2.05, 4.69) is 25.4 Å². The monoisotopic (exact) mass is 452 g/mol. The molecule has 30 heavy (non-hydrogen) atoms. The van der Waals surface area contributed by atoms with E-state index in [4.69, 9.17) is 11.6 Å². The molecule has 1 amide bonds.